The molecule has 3 aromatic rings. The summed E-state index contributed by atoms with van der Waals surface area (Å²) in [5, 5.41) is 8.57. The summed E-state index contributed by atoms with van der Waals surface area (Å²) in [7, 11) is 0. The maximum Gasteiger partial charge on any atom is 0.347 e. The summed E-state index contributed by atoms with van der Waals surface area (Å²) < 4.78 is 6.91. The lowest BCUT2D eigenvalue weighted by Gasteiger charge is -2.29. The molecule has 0 bridgehead atoms. The van der Waals surface area contributed by atoms with Crippen LogP contribution in [0.3, 0.4) is 0 Å². The van der Waals surface area contributed by atoms with Crippen LogP contribution in [0.5, 0.6) is 0 Å². The average molecular weight is 339 g/mol. The van der Waals surface area contributed by atoms with Crippen LogP contribution in [0.1, 0.15) is 32.6 Å². The normalized spacial score (nSPS) is 20.8. The Balaban J connectivity index is 1.65. The number of amides is 1. The minimum Gasteiger partial charge on any atom is -0.422 e. The van der Waals surface area contributed by atoms with Gasteiger partial charge in [-0.3, -0.25) is 9.48 Å². The van der Waals surface area contributed by atoms with E-state index >= 15 is 0 Å². The fourth-order valence-electron chi connectivity index (χ4n) is 3.76. The van der Waals surface area contributed by atoms with Crippen LogP contribution in [0.25, 0.3) is 21.9 Å². The zero-order chi connectivity index (χ0) is 17.4. The van der Waals surface area contributed by atoms with Crippen molar-refractivity contribution in [3.8, 4) is 0 Å². The van der Waals surface area contributed by atoms with E-state index in [0.29, 0.717) is 22.4 Å². The molecule has 1 saturated carbocycles. The van der Waals surface area contributed by atoms with Crippen molar-refractivity contribution >= 4 is 27.8 Å². The molecule has 1 amide bonds. The molecule has 6 nitrogen and oxygen atoms in total. The van der Waals surface area contributed by atoms with Gasteiger partial charge in [0.1, 0.15) is 17.5 Å². The first-order chi connectivity index (χ1) is 12.1. The first-order valence-electron chi connectivity index (χ1n) is 8.80. The summed E-state index contributed by atoms with van der Waals surface area (Å²) in [5.74, 6) is 0.431. The number of aromatic nitrogens is 2. The molecular formula is C19H21N3O3. The van der Waals surface area contributed by atoms with Crippen LogP contribution in [0, 0.1) is 5.92 Å². The number of fused-ring (bicyclic) bond motifs is 3. The summed E-state index contributed by atoms with van der Waals surface area (Å²) in [4.78, 5) is 24.6. The molecule has 4 rings (SSSR count). The van der Waals surface area contributed by atoms with Crippen LogP contribution in [0.4, 0.5) is 0 Å². The maximum absolute atomic E-state index is 12.5. The lowest BCUT2D eigenvalue weighted by Crippen LogP contribution is -2.42. The fourth-order valence-corrected chi connectivity index (χ4v) is 3.76. The molecule has 0 unspecified atom stereocenters. The Bertz CT molecular complexity index is 988. The zero-order valence-electron chi connectivity index (χ0n) is 14.2. The molecule has 1 fully saturated rings. The van der Waals surface area contributed by atoms with Gasteiger partial charge in [-0.1, -0.05) is 31.9 Å². The minimum absolute atomic E-state index is 0.0685. The van der Waals surface area contributed by atoms with E-state index in [1.807, 2.05) is 18.2 Å². The van der Waals surface area contributed by atoms with E-state index in [9.17, 15) is 9.59 Å². The predicted molar refractivity (Wildman–Crippen MR) is 95.3 cm³/mol. The molecule has 0 radical (unpaired) electrons. The molecule has 0 aliphatic heterocycles. The molecule has 6 heteroatoms. The number of hydrogen-bond donors (Lipinski definition) is 1. The number of nitrogens with zero attached hydrogens (tertiary/aromatic N) is 2. The number of para-hydroxylation sites is 1. The molecule has 0 saturated heterocycles. The van der Waals surface area contributed by atoms with Crippen molar-refractivity contribution < 1.29 is 9.21 Å². The molecule has 1 aromatic carbocycles. The van der Waals surface area contributed by atoms with Gasteiger partial charge >= 0.3 is 5.63 Å². The Kier molecular flexibility index (Phi) is 4.03. The number of carbonyl (C=O) groups excluding carboxylic acids is 1. The second-order valence-electron chi connectivity index (χ2n) is 6.89. The molecule has 2 aromatic heterocycles. The number of hydrogen-bond acceptors (Lipinski definition) is 4. The van der Waals surface area contributed by atoms with E-state index in [4.69, 9.17) is 4.42 Å². The quantitative estimate of drug-likeness (QED) is 0.744. The van der Waals surface area contributed by atoms with Crippen LogP contribution in [-0.2, 0) is 11.3 Å². The van der Waals surface area contributed by atoms with Crippen molar-refractivity contribution in [2.75, 3.05) is 0 Å². The second-order valence-corrected chi connectivity index (χ2v) is 6.89. The van der Waals surface area contributed by atoms with Gasteiger partial charge in [0.15, 0.2) is 0 Å². The van der Waals surface area contributed by atoms with E-state index in [0.717, 1.165) is 24.6 Å². The van der Waals surface area contributed by atoms with Crippen molar-refractivity contribution in [2.24, 2.45) is 5.92 Å². The molecule has 25 heavy (non-hydrogen) atoms. The summed E-state index contributed by atoms with van der Waals surface area (Å²) in [6.07, 6.45) is 6.05. The molecule has 2 atom stereocenters. The topological polar surface area (TPSA) is 77.1 Å². The summed E-state index contributed by atoms with van der Waals surface area (Å²) in [6.45, 7) is 2.28. The predicted octanol–water partition coefficient (Wildman–Crippen LogP) is 2.84. The first kappa shape index (κ1) is 15.9. The monoisotopic (exact) mass is 339 g/mol. The van der Waals surface area contributed by atoms with Crippen LogP contribution in [0.2, 0.25) is 0 Å². The number of carbonyl (C=O) groups is 1. The van der Waals surface area contributed by atoms with Crippen LogP contribution in [0.15, 0.2) is 39.7 Å². The van der Waals surface area contributed by atoms with Gasteiger partial charge in [0.05, 0.1) is 11.7 Å². The third-order valence-electron chi connectivity index (χ3n) is 5.16. The lowest BCUT2D eigenvalue weighted by atomic mass is 9.86. The molecule has 1 aliphatic carbocycles. The SMILES string of the molecule is C[C@@H]1CCCC[C@H]1NC(=O)Cn1ncc2c(=O)oc3ccccc3c21. The van der Waals surface area contributed by atoms with Crippen molar-refractivity contribution in [3.63, 3.8) is 0 Å². The Hall–Kier alpha value is -2.63. The van der Waals surface area contributed by atoms with Crippen LogP contribution in [-0.4, -0.2) is 21.7 Å². The highest BCUT2D eigenvalue weighted by molar-refractivity contribution is 6.02. The molecule has 1 N–H and O–H groups in total. The zero-order valence-corrected chi connectivity index (χ0v) is 14.2. The Morgan fingerprint density at radius 1 is 1.28 bits per heavy atom. The van der Waals surface area contributed by atoms with Gasteiger partial charge < -0.3 is 9.73 Å². The van der Waals surface area contributed by atoms with Gasteiger partial charge in [-0.15, -0.1) is 0 Å². The highest BCUT2D eigenvalue weighted by Crippen LogP contribution is 2.24. The van der Waals surface area contributed by atoms with Crippen molar-refractivity contribution in [2.45, 2.75) is 45.2 Å². The summed E-state index contributed by atoms with van der Waals surface area (Å²) >= 11 is 0. The minimum atomic E-state index is -0.429. The third kappa shape index (κ3) is 2.92. The average Bonchev–Trinajstić information content (AvgIpc) is 3.02. The number of rotatable bonds is 3. The van der Waals surface area contributed by atoms with E-state index < -0.39 is 5.63 Å². The lowest BCUT2D eigenvalue weighted by molar-refractivity contribution is -0.123. The highest BCUT2D eigenvalue weighted by atomic mass is 16.4. The Morgan fingerprint density at radius 2 is 2.08 bits per heavy atom. The van der Waals surface area contributed by atoms with Gasteiger partial charge in [0, 0.05) is 11.4 Å². The standard InChI is InChI=1S/C19H21N3O3/c1-12-6-2-4-8-15(12)21-17(23)11-22-18-13-7-3-5-9-16(13)25-19(24)14(18)10-20-22/h3,5,7,9-10,12,15H,2,4,6,8,11H2,1H3,(H,21,23)/t12-,15-/m1/s1. The van der Waals surface area contributed by atoms with Crippen molar-refractivity contribution in [1.82, 2.24) is 15.1 Å². The van der Waals surface area contributed by atoms with Gasteiger partial charge in [-0.25, -0.2) is 4.79 Å². The van der Waals surface area contributed by atoms with Crippen LogP contribution >= 0.6 is 0 Å². The highest BCUT2D eigenvalue weighted by Gasteiger charge is 2.23. The van der Waals surface area contributed by atoms with Crippen molar-refractivity contribution in [3.05, 3.63) is 40.9 Å². The fraction of sp³-hybridized carbons (Fsp3) is 0.421. The van der Waals surface area contributed by atoms with E-state index in [1.165, 1.54) is 12.6 Å². The molecule has 130 valence electrons. The molecular weight excluding hydrogens is 318 g/mol. The third-order valence-corrected chi connectivity index (χ3v) is 5.16. The largest absolute Gasteiger partial charge is 0.422 e. The summed E-state index contributed by atoms with van der Waals surface area (Å²) in [6, 6.07) is 7.54. The van der Waals surface area contributed by atoms with Gasteiger partial charge in [0.2, 0.25) is 5.91 Å². The van der Waals surface area contributed by atoms with E-state index in [2.05, 4.69) is 17.3 Å². The Morgan fingerprint density at radius 3 is 2.92 bits per heavy atom. The Labute approximate surface area is 144 Å². The van der Waals surface area contributed by atoms with Gasteiger partial charge in [-0.2, -0.15) is 5.10 Å². The first-order valence-corrected chi connectivity index (χ1v) is 8.80. The molecule has 2 heterocycles. The maximum atomic E-state index is 12.5. The number of nitrogens with one attached hydrogen (secondary N) is 1. The van der Waals surface area contributed by atoms with E-state index in [-0.39, 0.29) is 18.5 Å². The van der Waals surface area contributed by atoms with E-state index in [1.54, 1.807) is 10.7 Å². The van der Waals surface area contributed by atoms with Gasteiger partial charge in [0.25, 0.3) is 0 Å². The van der Waals surface area contributed by atoms with Crippen LogP contribution < -0.4 is 10.9 Å². The van der Waals surface area contributed by atoms with Gasteiger partial charge in [-0.05, 0) is 30.9 Å². The summed E-state index contributed by atoms with van der Waals surface area (Å²) in [5.41, 5.74) is 0.725. The smallest absolute Gasteiger partial charge is 0.347 e. The second kappa shape index (κ2) is 6.35. The molecule has 0 spiro atoms. The number of benzene rings is 1. The molecule has 1 aliphatic rings. The van der Waals surface area contributed by atoms with Crippen molar-refractivity contribution in [1.29, 1.82) is 0 Å².